The van der Waals surface area contributed by atoms with E-state index < -0.39 is 0 Å². The smallest absolute Gasteiger partial charge is 0.249 e. The lowest BCUT2D eigenvalue weighted by Gasteiger charge is -2.09. The van der Waals surface area contributed by atoms with Gasteiger partial charge >= 0.3 is 0 Å². The average molecular weight is 259 g/mol. The molecule has 0 unspecified atom stereocenters. The molecule has 0 aliphatic carbocycles. The number of benzene rings is 1. The molecule has 1 heterocycles. The van der Waals surface area contributed by atoms with Crippen LogP contribution < -0.4 is 10.6 Å². The van der Waals surface area contributed by atoms with Crippen LogP contribution >= 0.6 is 12.2 Å². The van der Waals surface area contributed by atoms with Crippen molar-refractivity contribution in [2.45, 2.75) is 13.8 Å². The van der Waals surface area contributed by atoms with Gasteiger partial charge in [-0.2, -0.15) is 5.10 Å². The van der Waals surface area contributed by atoms with Gasteiger partial charge < -0.3 is 5.32 Å². The second-order valence-corrected chi connectivity index (χ2v) is 4.16. The Morgan fingerprint density at radius 3 is 2.39 bits per heavy atom. The number of thiocarbonyl (C=S) groups is 1. The first kappa shape index (κ1) is 12.4. The summed E-state index contributed by atoms with van der Waals surface area (Å²) < 4.78 is 0. The highest BCUT2D eigenvalue weighted by Gasteiger charge is 2.03. The Morgan fingerprint density at radius 2 is 1.72 bits per heavy atom. The average Bonchev–Trinajstić information content (AvgIpc) is 2.35. The zero-order valence-corrected chi connectivity index (χ0v) is 11.0. The van der Waals surface area contributed by atoms with Crippen LogP contribution in [0.3, 0.4) is 0 Å². The highest BCUT2D eigenvalue weighted by atomic mass is 32.1. The summed E-state index contributed by atoms with van der Waals surface area (Å²) in [5, 5.41) is 14.3. The molecule has 5 nitrogen and oxygen atoms in total. The predicted octanol–water partition coefficient (Wildman–Crippen LogP) is 2.30. The van der Waals surface area contributed by atoms with Gasteiger partial charge in [0.05, 0.1) is 11.4 Å². The molecule has 0 aliphatic heterocycles. The molecule has 0 atom stereocenters. The Bertz CT molecular complexity index is 556. The molecular weight excluding hydrogens is 246 g/mol. The van der Waals surface area contributed by atoms with Crippen LogP contribution in [0.2, 0.25) is 0 Å². The maximum absolute atomic E-state index is 5.16. The maximum atomic E-state index is 5.16. The summed E-state index contributed by atoms with van der Waals surface area (Å²) in [7, 11) is 0. The lowest BCUT2D eigenvalue weighted by molar-refractivity contribution is 0.907. The van der Waals surface area contributed by atoms with Gasteiger partial charge in [-0.15, -0.1) is 5.10 Å². The van der Waals surface area contributed by atoms with E-state index in [1.54, 1.807) is 0 Å². The Labute approximate surface area is 111 Å². The first-order chi connectivity index (χ1) is 8.65. The number of para-hydroxylation sites is 1. The van der Waals surface area contributed by atoms with Gasteiger partial charge in [-0.1, -0.05) is 18.2 Å². The van der Waals surface area contributed by atoms with Crippen LogP contribution in [0.5, 0.6) is 0 Å². The highest BCUT2D eigenvalue weighted by molar-refractivity contribution is 7.80. The molecule has 2 rings (SSSR count). The Morgan fingerprint density at radius 1 is 1.00 bits per heavy atom. The molecule has 0 saturated heterocycles. The quantitative estimate of drug-likeness (QED) is 0.807. The summed E-state index contributed by atoms with van der Waals surface area (Å²) in [4.78, 5) is 4.24. The van der Waals surface area contributed by atoms with Gasteiger partial charge in [0.25, 0.3) is 0 Å². The van der Waals surface area contributed by atoms with Crippen molar-refractivity contribution < 1.29 is 0 Å². The monoisotopic (exact) mass is 259 g/mol. The summed E-state index contributed by atoms with van der Waals surface area (Å²) in [5.41, 5.74) is 2.55. The van der Waals surface area contributed by atoms with Gasteiger partial charge in [-0.25, -0.2) is 4.98 Å². The molecule has 0 radical (unpaired) electrons. The second-order valence-electron chi connectivity index (χ2n) is 3.75. The van der Waals surface area contributed by atoms with E-state index >= 15 is 0 Å². The Kier molecular flexibility index (Phi) is 3.78. The second kappa shape index (κ2) is 5.50. The van der Waals surface area contributed by atoms with Gasteiger partial charge in [-0.05, 0) is 38.2 Å². The zero-order valence-electron chi connectivity index (χ0n) is 10.1. The van der Waals surface area contributed by atoms with E-state index in [0.29, 0.717) is 11.1 Å². The number of aryl methyl sites for hydroxylation is 2. The highest BCUT2D eigenvalue weighted by Crippen LogP contribution is 2.06. The van der Waals surface area contributed by atoms with Crippen LogP contribution in [0.4, 0.5) is 11.6 Å². The van der Waals surface area contributed by atoms with Crippen LogP contribution in [0.25, 0.3) is 0 Å². The van der Waals surface area contributed by atoms with Crippen molar-refractivity contribution in [2.75, 3.05) is 10.6 Å². The molecule has 0 spiro atoms. The van der Waals surface area contributed by atoms with E-state index in [-0.39, 0.29) is 0 Å². The summed E-state index contributed by atoms with van der Waals surface area (Å²) in [6, 6.07) is 9.65. The van der Waals surface area contributed by atoms with E-state index in [9.17, 15) is 0 Å². The van der Waals surface area contributed by atoms with Crippen molar-refractivity contribution in [3.63, 3.8) is 0 Å². The van der Waals surface area contributed by atoms with Crippen LogP contribution in [0.1, 0.15) is 11.4 Å². The third-order valence-corrected chi connectivity index (χ3v) is 2.55. The lowest BCUT2D eigenvalue weighted by Crippen LogP contribution is -2.21. The van der Waals surface area contributed by atoms with Crippen molar-refractivity contribution in [3.8, 4) is 0 Å². The number of nitrogens with zero attached hydrogens (tertiary/aromatic N) is 3. The first-order valence-corrected chi connectivity index (χ1v) is 5.87. The minimum absolute atomic E-state index is 0.395. The van der Waals surface area contributed by atoms with E-state index in [0.717, 1.165) is 17.1 Å². The van der Waals surface area contributed by atoms with Crippen LogP contribution in [0, 0.1) is 13.8 Å². The van der Waals surface area contributed by atoms with Crippen molar-refractivity contribution in [1.29, 1.82) is 0 Å². The minimum Gasteiger partial charge on any atom is -0.332 e. The van der Waals surface area contributed by atoms with E-state index in [1.807, 2.05) is 44.2 Å². The molecule has 92 valence electrons. The van der Waals surface area contributed by atoms with Crippen LogP contribution in [-0.4, -0.2) is 20.3 Å². The number of hydrogen-bond acceptors (Lipinski definition) is 4. The molecule has 1 aromatic heterocycles. The van der Waals surface area contributed by atoms with Crippen molar-refractivity contribution in [2.24, 2.45) is 0 Å². The number of rotatable bonds is 2. The molecule has 0 bridgehead atoms. The normalized spacial score (nSPS) is 9.89. The summed E-state index contributed by atoms with van der Waals surface area (Å²) in [6.07, 6.45) is 0. The van der Waals surface area contributed by atoms with Gasteiger partial charge in [0.2, 0.25) is 5.95 Å². The minimum atomic E-state index is 0.395. The van der Waals surface area contributed by atoms with E-state index in [4.69, 9.17) is 12.2 Å². The summed E-state index contributed by atoms with van der Waals surface area (Å²) in [5.74, 6) is 0.395. The van der Waals surface area contributed by atoms with Gasteiger partial charge in [0.15, 0.2) is 5.11 Å². The summed E-state index contributed by atoms with van der Waals surface area (Å²) in [6.45, 7) is 3.74. The molecular formula is C12H13N5S. The Hall–Kier alpha value is -2.08. The fraction of sp³-hybridized carbons (Fsp3) is 0.167. The topological polar surface area (TPSA) is 62.7 Å². The standard InChI is InChI=1S/C12H13N5S/c1-8-9(2)16-17-11(13-8)15-12(18)14-10-6-4-3-5-7-10/h3-7H,1-2H3,(H2,13,14,15,17,18). The SMILES string of the molecule is Cc1nnc(NC(=S)Nc2ccccc2)nc1C. The molecule has 2 N–H and O–H groups in total. The largest absolute Gasteiger partial charge is 0.332 e. The number of anilines is 2. The lowest BCUT2D eigenvalue weighted by atomic mass is 10.3. The van der Waals surface area contributed by atoms with E-state index in [1.165, 1.54) is 0 Å². The van der Waals surface area contributed by atoms with Crippen LogP contribution in [-0.2, 0) is 0 Å². The molecule has 0 saturated carbocycles. The molecule has 6 heteroatoms. The van der Waals surface area contributed by atoms with Crippen molar-refractivity contribution in [3.05, 3.63) is 41.7 Å². The van der Waals surface area contributed by atoms with Crippen molar-refractivity contribution in [1.82, 2.24) is 15.2 Å². The molecule has 1 aromatic carbocycles. The van der Waals surface area contributed by atoms with Crippen molar-refractivity contribution >= 4 is 29.0 Å². The molecule has 18 heavy (non-hydrogen) atoms. The van der Waals surface area contributed by atoms with Crippen LogP contribution in [0.15, 0.2) is 30.3 Å². The molecule has 0 aliphatic rings. The summed E-state index contributed by atoms with van der Waals surface area (Å²) >= 11 is 5.16. The fourth-order valence-electron chi connectivity index (χ4n) is 1.30. The van der Waals surface area contributed by atoms with Gasteiger partial charge in [-0.3, -0.25) is 5.32 Å². The Balaban J connectivity index is 2.01. The van der Waals surface area contributed by atoms with Gasteiger partial charge in [0, 0.05) is 5.69 Å². The van der Waals surface area contributed by atoms with E-state index in [2.05, 4.69) is 25.8 Å². The first-order valence-electron chi connectivity index (χ1n) is 5.46. The number of nitrogens with one attached hydrogen (secondary N) is 2. The molecule has 2 aromatic rings. The van der Waals surface area contributed by atoms with Gasteiger partial charge in [0.1, 0.15) is 0 Å². The number of hydrogen-bond donors (Lipinski definition) is 2. The molecule has 0 fully saturated rings. The predicted molar refractivity (Wildman–Crippen MR) is 75.6 cm³/mol. The third kappa shape index (κ3) is 3.21. The third-order valence-electron chi connectivity index (χ3n) is 2.35. The molecule has 0 amide bonds. The zero-order chi connectivity index (χ0) is 13.0. The fourth-order valence-corrected chi connectivity index (χ4v) is 1.50. The maximum Gasteiger partial charge on any atom is 0.249 e. The number of aromatic nitrogens is 3.